The van der Waals surface area contributed by atoms with Gasteiger partial charge in [-0.25, -0.2) is 9.97 Å². The van der Waals surface area contributed by atoms with Crippen molar-refractivity contribution in [2.75, 3.05) is 5.32 Å². The maximum atomic E-state index is 12.2. The van der Waals surface area contributed by atoms with Crippen molar-refractivity contribution in [3.8, 4) is 0 Å². The first-order chi connectivity index (χ1) is 9.34. The normalized spacial score (nSPS) is 10.3. The van der Waals surface area contributed by atoms with Crippen LogP contribution in [0.5, 0.6) is 0 Å². The Balaban J connectivity index is 1.98. The number of carbonyl (C=O) groups excluding carboxylic acids is 1. The minimum absolute atomic E-state index is 0.232. The van der Waals surface area contributed by atoms with E-state index < -0.39 is 0 Å². The molecule has 0 spiro atoms. The molecule has 1 amide bonds. The zero-order valence-electron chi connectivity index (χ0n) is 10.1. The monoisotopic (exact) mass is 249 g/mol. The molecule has 4 nitrogen and oxygen atoms in total. The number of para-hydroxylation sites is 2. The predicted molar refractivity (Wildman–Crippen MR) is 73.9 cm³/mol. The Morgan fingerprint density at radius 1 is 0.895 bits per heavy atom. The Bertz CT molecular complexity index is 720. The number of fused-ring (bicyclic) bond motifs is 1. The van der Waals surface area contributed by atoms with E-state index in [4.69, 9.17) is 0 Å². The van der Waals surface area contributed by atoms with E-state index in [9.17, 15) is 4.79 Å². The Hall–Kier alpha value is -2.75. The number of aromatic nitrogens is 2. The Morgan fingerprint density at radius 2 is 1.63 bits per heavy atom. The van der Waals surface area contributed by atoms with Crippen LogP contribution in [0.3, 0.4) is 0 Å². The number of hydrogen-bond donors (Lipinski definition) is 1. The molecule has 19 heavy (non-hydrogen) atoms. The molecule has 0 fully saturated rings. The van der Waals surface area contributed by atoms with Gasteiger partial charge < -0.3 is 5.32 Å². The van der Waals surface area contributed by atoms with Crippen LogP contribution in [-0.4, -0.2) is 15.9 Å². The molecule has 0 saturated heterocycles. The van der Waals surface area contributed by atoms with Gasteiger partial charge in [0.25, 0.3) is 5.91 Å². The highest BCUT2D eigenvalue weighted by Gasteiger charge is 2.11. The van der Waals surface area contributed by atoms with E-state index in [2.05, 4.69) is 15.3 Å². The molecular formula is C15H11N3O. The van der Waals surface area contributed by atoms with Crippen molar-refractivity contribution in [1.29, 1.82) is 0 Å². The largest absolute Gasteiger partial charge is 0.321 e. The first-order valence-corrected chi connectivity index (χ1v) is 5.91. The van der Waals surface area contributed by atoms with Crippen molar-refractivity contribution < 1.29 is 4.79 Å². The zero-order chi connectivity index (χ0) is 13.1. The Kier molecular flexibility index (Phi) is 2.90. The summed E-state index contributed by atoms with van der Waals surface area (Å²) >= 11 is 0. The van der Waals surface area contributed by atoms with Gasteiger partial charge in [0.05, 0.1) is 5.52 Å². The molecule has 2 aromatic carbocycles. The summed E-state index contributed by atoms with van der Waals surface area (Å²) < 4.78 is 0. The smallest absolute Gasteiger partial charge is 0.275 e. The van der Waals surface area contributed by atoms with Gasteiger partial charge in [-0.05, 0) is 18.2 Å². The lowest BCUT2D eigenvalue weighted by Crippen LogP contribution is -2.14. The summed E-state index contributed by atoms with van der Waals surface area (Å²) in [6.45, 7) is 0. The van der Waals surface area contributed by atoms with E-state index in [1.165, 1.54) is 6.33 Å². The van der Waals surface area contributed by atoms with Crippen LogP contribution in [0.2, 0.25) is 0 Å². The van der Waals surface area contributed by atoms with Crippen molar-refractivity contribution >= 4 is 22.5 Å². The van der Waals surface area contributed by atoms with Crippen LogP contribution in [0, 0.1) is 0 Å². The molecule has 3 aromatic rings. The molecule has 0 atom stereocenters. The van der Waals surface area contributed by atoms with Crippen LogP contribution >= 0.6 is 0 Å². The van der Waals surface area contributed by atoms with Crippen molar-refractivity contribution in [3.05, 3.63) is 66.6 Å². The number of amides is 1. The van der Waals surface area contributed by atoms with E-state index in [-0.39, 0.29) is 5.91 Å². The molecule has 0 radical (unpaired) electrons. The van der Waals surface area contributed by atoms with Gasteiger partial charge in [0.1, 0.15) is 12.0 Å². The molecule has 0 aliphatic rings. The van der Waals surface area contributed by atoms with E-state index in [1.807, 2.05) is 54.6 Å². The zero-order valence-corrected chi connectivity index (χ0v) is 10.1. The summed E-state index contributed by atoms with van der Waals surface area (Å²) in [7, 11) is 0. The summed E-state index contributed by atoms with van der Waals surface area (Å²) in [6.07, 6.45) is 1.40. The van der Waals surface area contributed by atoms with E-state index in [0.717, 1.165) is 16.6 Å². The van der Waals surface area contributed by atoms with Crippen LogP contribution in [0.4, 0.5) is 5.69 Å². The van der Waals surface area contributed by atoms with Crippen molar-refractivity contribution in [2.45, 2.75) is 0 Å². The highest BCUT2D eigenvalue weighted by atomic mass is 16.1. The van der Waals surface area contributed by atoms with Crippen LogP contribution < -0.4 is 5.32 Å². The highest BCUT2D eigenvalue weighted by molar-refractivity contribution is 6.10. The summed E-state index contributed by atoms with van der Waals surface area (Å²) in [5.74, 6) is -0.232. The molecule has 1 N–H and O–H groups in total. The third kappa shape index (κ3) is 2.28. The van der Waals surface area contributed by atoms with Gasteiger partial charge in [-0.1, -0.05) is 36.4 Å². The second kappa shape index (κ2) is 4.86. The van der Waals surface area contributed by atoms with Crippen molar-refractivity contribution in [3.63, 3.8) is 0 Å². The molecule has 0 saturated carbocycles. The van der Waals surface area contributed by atoms with Gasteiger partial charge in [-0.2, -0.15) is 0 Å². The van der Waals surface area contributed by atoms with Crippen LogP contribution in [0.25, 0.3) is 10.9 Å². The molecule has 0 unspecified atom stereocenters. The fourth-order valence-corrected chi connectivity index (χ4v) is 1.90. The van der Waals surface area contributed by atoms with Gasteiger partial charge in [0.15, 0.2) is 0 Å². The summed E-state index contributed by atoms with van der Waals surface area (Å²) in [4.78, 5) is 20.4. The van der Waals surface area contributed by atoms with Gasteiger partial charge >= 0.3 is 0 Å². The number of benzene rings is 2. The SMILES string of the molecule is O=C(Nc1ccccc1)c1ncnc2ccccc12. The van der Waals surface area contributed by atoms with Gasteiger partial charge in [0, 0.05) is 11.1 Å². The number of hydrogen-bond acceptors (Lipinski definition) is 3. The lowest BCUT2D eigenvalue weighted by molar-refractivity contribution is 0.102. The van der Waals surface area contributed by atoms with Gasteiger partial charge in [-0.3, -0.25) is 4.79 Å². The fraction of sp³-hybridized carbons (Fsp3) is 0. The van der Waals surface area contributed by atoms with Crippen LogP contribution in [0.1, 0.15) is 10.5 Å². The van der Waals surface area contributed by atoms with E-state index >= 15 is 0 Å². The predicted octanol–water partition coefficient (Wildman–Crippen LogP) is 2.88. The molecule has 0 aliphatic heterocycles. The van der Waals surface area contributed by atoms with Crippen molar-refractivity contribution in [1.82, 2.24) is 9.97 Å². The quantitative estimate of drug-likeness (QED) is 0.759. The lowest BCUT2D eigenvalue weighted by atomic mass is 10.2. The number of rotatable bonds is 2. The molecule has 4 heteroatoms. The molecule has 92 valence electrons. The van der Waals surface area contributed by atoms with Gasteiger partial charge in [-0.15, -0.1) is 0 Å². The number of nitrogens with zero attached hydrogens (tertiary/aromatic N) is 2. The average molecular weight is 249 g/mol. The lowest BCUT2D eigenvalue weighted by Gasteiger charge is -2.06. The summed E-state index contributed by atoms with van der Waals surface area (Å²) in [5.41, 5.74) is 1.89. The molecule has 0 aliphatic carbocycles. The summed E-state index contributed by atoms with van der Waals surface area (Å²) in [6, 6.07) is 16.8. The van der Waals surface area contributed by atoms with Crippen molar-refractivity contribution in [2.24, 2.45) is 0 Å². The number of anilines is 1. The van der Waals surface area contributed by atoms with E-state index in [1.54, 1.807) is 0 Å². The molecule has 1 aromatic heterocycles. The Morgan fingerprint density at radius 3 is 2.47 bits per heavy atom. The second-order valence-corrected chi connectivity index (χ2v) is 4.06. The molecule has 0 bridgehead atoms. The Labute approximate surface area is 110 Å². The molecule has 1 heterocycles. The highest BCUT2D eigenvalue weighted by Crippen LogP contribution is 2.15. The minimum Gasteiger partial charge on any atom is -0.321 e. The third-order valence-electron chi connectivity index (χ3n) is 2.79. The molecular weight excluding hydrogens is 238 g/mol. The first kappa shape index (κ1) is 11.3. The topological polar surface area (TPSA) is 54.9 Å². The first-order valence-electron chi connectivity index (χ1n) is 5.91. The number of carbonyl (C=O) groups is 1. The van der Waals surface area contributed by atoms with E-state index in [0.29, 0.717) is 5.69 Å². The standard InChI is InChI=1S/C15H11N3O/c19-15(18-11-6-2-1-3-7-11)14-12-8-4-5-9-13(12)16-10-17-14/h1-10H,(H,18,19). The van der Waals surface area contributed by atoms with Crippen LogP contribution in [-0.2, 0) is 0 Å². The maximum absolute atomic E-state index is 12.2. The third-order valence-corrected chi connectivity index (χ3v) is 2.79. The minimum atomic E-state index is -0.232. The number of nitrogens with one attached hydrogen (secondary N) is 1. The molecule has 3 rings (SSSR count). The average Bonchev–Trinajstić information content (AvgIpc) is 2.47. The van der Waals surface area contributed by atoms with Crippen LogP contribution in [0.15, 0.2) is 60.9 Å². The fourth-order valence-electron chi connectivity index (χ4n) is 1.90. The maximum Gasteiger partial charge on any atom is 0.275 e. The summed E-state index contributed by atoms with van der Waals surface area (Å²) in [5, 5.41) is 3.57. The van der Waals surface area contributed by atoms with Gasteiger partial charge in [0.2, 0.25) is 0 Å². The second-order valence-electron chi connectivity index (χ2n) is 4.06.